The molecule has 0 bridgehead atoms. The summed E-state index contributed by atoms with van der Waals surface area (Å²) >= 11 is 0. The number of aromatic nitrogens is 3. The van der Waals surface area contributed by atoms with E-state index in [2.05, 4.69) is 20.7 Å². The molecule has 2 aliphatic rings. The summed E-state index contributed by atoms with van der Waals surface area (Å²) in [5.41, 5.74) is 2.34. The van der Waals surface area contributed by atoms with Crippen LogP contribution in [0.25, 0.3) is 11.0 Å². The fourth-order valence-corrected chi connectivity index (χ4v) is 3.81. The number of aryl methyl sites for hydroxylation is 2. The predicted molar refractivity (Wildman–Crippen MR) is 92.3 cm³/mol. The van der Waals surface area contributed by atoms with E-state index in [4.69, 9.17) is 9.47 Å². The quantitative estimate of drug-likeness (QED) is 0.870. The zero-order valence-electron chi connectivity index (χ0n) is 14.5. The summed E-state index contributed by atoms with van der Waals surface area (Å²) in [6.45, 7) is 3.20. The molecule has 4 rings (SSSR count). The Bertz CT molecular complexity index is 797. The topological polar surface area (TPSA) is 90.3 Å². The summed E-state index contributed by atoms with van der Waals surface area (Å²) in [6.07, 6.45) is 5.15. The zero-order valence-corrected chi connectivity index (χ0v) is 14.5. The van der Waals surface area contributed by atoms with Crippen molar-refractivity contribution in [2.75, 3.05) is 18.5 Å². The zero-order chi connectivity index (χ0) is 17.4. The monoisotopic (exact) mass is 345 g/mol. The number of carbonyl (C=O) groups is 1. The van der Waals surface area contributed by atoms with E-state index in [1.807, 2.05) is 20.0 Å². The van der Waals surface area contributed by atoms with Gasteiger partial charge < -0.3 is 20.1 Å². The van der Waals surface area contributed by atoms with Crippen molar-refractivity contribution in [3.63, 3.8) is 0 Å². The van der Waals surface area contributed by atoms with Crippen LogP contribution < -0.4 is 10.6 Å². The highest BCUT2D eigenvalue weighted by Gasteiger charge is 2.41. The van der Waals surface area contributed by atoms with E-state index < -0.39 is 5.79 Å². The van der Waals surface area contributed by atoms with Crippen molar-refractivity contribution in [3.8, 4) is 0 Å². The number of rotatable bonds is 2. The van der Waals surface area contributed by atoms with Crippen LogP contribution in [0.1, 0.15) is 31.4 Å². The minimum atomic E-state index is -0.497. The lowest BCUT2D eigenvalue weighted by atomic mass is 9.90. The van der Waals surface area contributed by atoms with Crippen molar-refractivity contribution in [1.82, 2.24) is 20.1 Å². The van der Waals surface area contributed by atoms with E-state index >= 15 is 0 Å². The molecular weight excluding hydrogens is 322 g/mol. The molecule has 2 aromatic heterocycles. The minimum absolute atomic E-state index is 0.0451. The second kappa shape index (κ2) is 6.27. The Morgan fingerprint density at radius 3 is 3.00 bits per heavy atom. The van der Waals surface area contributed by atoms with Gasteiger partial charge in [-0.05, 0) is 25.8 Å². The van der Waals surface area contributed by atoms with Gasteiger partial charge in [-0.3, -0.25) is 4.68 Å². The van der Waals surface area contributed by atoms with E-state index in [-0.39, 0.29) is 12.1 Å². The van der Waals surface area contributed by atoms with E-state index in [1.54, 1.807) is 10.9 Å². The average molecular weight is 345 g/mol. The maximum atomic E-state index is 12.4. The van der Waals surface area contributed by atoms with Gasteiger partial charge in [0.15, 0.2) is 11.4 Å². The molecule has 2 fully saturated rings. The Morgan fingerprint density at radius 2 is 2.20 bits per heavy atom. The molecule has 0 aromatic carbocycles. The first-order valence-electron chi connectivity index (χ1n) is 8.69. The van der Waals surface area contributed by atoms with Crippen LogP contribution in [0.3, 0.4) is 0 Å². The largest absolute Gasteiger partial charge is 0.347 e. The van der Waals surface area contributed by atoms with Crippen LogP contribution in [0.4, 0.5) is 10.5 Å². The molecule has 2 aromatic rings. The van der Waals surface area contributed by atoms with Crippen LogP contribution in [-0.2, 0) is 16.5 Å². The number of pyridine rings is 1. The normalized spacial score (nSPS) is 22.4. The standard InChI is InChI=1S/C17H23N5O3/c1-11-14-8-13(10-18-15(14)22(2)21-11)20-16(23)19-12-4-3-5-17(9-12)24-6-7-25-17/h8,10,12H,3-7,9H2,1-2H3,(H2,19,20,23)/t12-/m0/s1. The summed E-state index contributed by atoms with van der Waals surface area (Å²) in [6, 6.07) is 1.71. The number of hydrogen-bond acceptors (Lipinski definition) is 5. The molecule has 8 nitrogen and oxygen atoms in total. The predicted octanol–water partition coefficient (Wildman–Crippen LogP) is 2.08. The molecule has 1 saturated carbocycles. The summed E-state index contributed by atoms with van der Waals surface area (Å²) < 4.78 is 13.3. The van der Waals surface area contributed by atoms with Gasteiger partial charge in [-0.2, -0.15) is 5.10 Å². The molecule has 0 radical (unpaired) electrons. The molecular formula is C17H23N5O3. The van der Waals surface area contributed by atoms with E-state index in [0.717, 1.165) is 36.0 Å². The molecule has 0 unspecified atom stereocenters. The van der Waals surface area contributed by atoms with Crippen molar-refractivity contribution in [3.05, 3.63) is 18.0 Å². The molecule has 1 aliphatic carbocycles. The smallest absolute Gasteiger partial charge is 0.319 e. The van der Waals surface area contributed by atoms with Gasteiger partial charge in [-0.1, -0.05) is 0 Å². The van der Waals surface area contributed by atoms with Crippen molar-refractivity contribution >= 4 is 22.8 Å². The second-order valence-corrected chi connectivity index (χ2v) is 6.80. The van der Waals surface area contributed by atoms with Crippen LogP contribution in [-0.4, -0.2) is 45.8 Å². The third kappa shape index (κ3) is 3.19. The molecule has 1 saturated heterocycles. The van der Waals surface area contributed by atoms with E-state index in [1.165, 1.54) is 0 Å². The summed E-state index contributed by atoms with van der Waals surface area (Å²) in [5, 5.41) is 11.2. The number of hydrogen-bond donors (Lipinski definition) is 2. The van der Waals surface area contributed by atoms with Crippen LogP contribution >= 0.6 is 0 Å². The maximum absolute atomic E-state index is 12.4. The summed E-state index contributed by atoms with van der Waals surface area (Å²) in [4.78, 5) is 16.7. The number of amides is 2. The van der Waals surface area contributed by atoms with Gasteiger partial charge in [0.2, 0.25) is 0 Å². The number of nitrogens with one attached hydrogen (secondary N) is 2. The molecule has 1 atom stereocenters. The highest BCUT2D eigenvalue weighted by Crippen LogP contribution is 2.35. The van der Waals surface area contributed by atoms with Gasteiger partial charge in [0, 0.05) is 31.3 Å². The van der Waals surface area contributed by atoms with Crippen LogP contribution in [0.2, 0.25) is 0 Å². The van der Waals surface area contributed by atoms with Gasteiger partial charge in [0.05, 0.1) is 30.8 Å². The number of urea groups is 1. The van der Waals surface area contributed by atoms with Crippen molar-refractivity contribution in [1.29, 1.82) is 0 Å². The Kier molecular flexibility index (Phi) is 4.09. The molecule has 2 amide bonds. The third-order valence-electron chi connectivity index (χ3n) is 4.94. The fraction of sp³-hybridized carbons (Fsp3) is 0.588. The summed E-state index contributed by atoms with van der Waals surface area (Å²) in [5.74, 6) is -0.497. The van der Waals surface area contributed by atoms with Crippen LogP contribution in [0, 0.1) is 6.92 Å². The highest BCUT2D eigenvalue weighted by molar-refractivity contribution is 5.92. The lowest BCUT2D eigenvalue weighted by molar-refractivity contribution is -0.180. The Morgan fingerprint density at radius 1 is 1.40 bits per heavy atom. The fourth-order valence-electron chi connectivity index (χ4n) is 3.81. The van der Waals surface area contributed by atoms with Crippen LogP contribution in [0.5, 0.6) is 0 Å². The molecule has 8 heteroatoms. The molecule has 1 spiro atoms. The molecule has 3 heterocycles. The van der Waals surface area contributed by atoms with Crippen molar-refractivity contribution < 1.29 is 14.3 Å². The SMILES string of the molecule is Cc1nn(C)c2ncc(NC(=O)N[C@H]3CCCC4(C3)OCCO4)cc12. The summed E-state index contributed by atoms with van der Waals surface area (Å²) in [7, 11) is 1.86. The van der Waals surface area contributed by atoms with Crippen LogP contribution in [0.15, 0.2) is 12.3 Å². The Hall–Kier alpha value is -2.19. The van der Waals surface area contributed by atoms with Gasteiger partial charge >= 0.3 is 6.03 Å². The lowest BCUT2D eigenvalue weighted by Gasteiger charge is -2.36. The number of carbonyl (C=O) groups excluding carboxylic acids is 1. The number of fused-ring (bicyclic) bond motifs is 1. The van der Waals surface area contributed by atoms with Gasteiger partial charge in [0.1, 0.15) is 0 Å². The first kappa shape index (κ1) is 16.3. The van der Waals surface area contributed by atoms with Gasteiger partial charge in [-0.25, -0.2) is 9.78 Å². The molecule has 134 valence electrons. The van der Waals surface area contributed by atoms with Gasteiger partial charge in [0.25, 0.3) is 0 Å². The minimum Gasteiger partial charge on any atom is -0.347 e. The van der Waals surface area contributed by atoms with Crippen molar-refractivity contribution in [2.45, 2.75) is 44.4 Å². The lowest BCUT2D eigenvalue weighted by Crippen LogP contribution is -2.47. The average Bonchev–Trinajstić information content (AvgIpc) is 3.12. The van der Waals surface area contributed by atoms with Crippen molar-refractivity contribution in [2.24, 2.45) is 7.05 Å². The third-order valence-corrected chi connectivity index (χ3v) is 4.94. The van der Waals surface area contributed by atoms with Gasteiger partial charge in [-0.15, -0.1) is 0 Å². The molecule has 25 heavy (non-hydrogen) atoms. The first-order chi connectivity index (χ1) is 12.0. The van der Waals surface area contributed by atoms with E-state index in [0.29, 0.717) is 25.3 Å². The number of ether oxygens (including phenoxy) is 2. The molecule has 1 aliphatic heterocycles. The Labute approximate surface area is 145 Å². The maximum Gasteiger partial charge on any atom is 0.319 e. The highest BCUT2D eigenvalue weighted by atomic mass is 16.7. The van der Waals surface area contributed by atoms with E-state index in [9.17, 15) is 4.79 Å². The Balaban J connectivity index is 1.41. The number of anilines is 1. The second-order valence-electron chi connectivity index (χ2n) is 6.80. The first-order valence-corrected chi connectivity index (χ1v) is 8.69. The number of nitrogens with zero attached hydrogens (tertiary/aromatic N) is 3. The molecule has 2 N–H and O–H groups in total.